The third-order valence-electron chi connectivity index (χ3n) is 3.42. The molecule has 21 heavy (non-hydrogen) atoms. The van der Waals surface area contributed by atoms with Crippen LogP contribution in [-0.4, -0.2) is 36.0 Å². The summed E-state index contributed by atoms with van der Waals surface area (Å²) in [5.74, 6) is -1.70. The highest BCUT2D eigenvalue weighted by Crippen LogP contribution is 2.18. The van der Waals surface area contributed by atoms with Crippen molar-refractivity contribution in [1.29, 1.82) is 0 Å². The topological polar surface area (TPSA) is 61.4 Å². The summed E-state index contributed by atoms with van der Waals surface area (Å²) in [7, 11) is 0. The molecule has 2 atom stereocenters. The van der Waals surface area contributed by atoms with Gasteiger partial charge in [-0.15, -0.1) is 0 Å². The van der Waals surface area contributed by atoms with Crippen LogP contribution >= 0.6 is 0 Å². The summed E-state index contributed by atoms with van der Waals surface area (Å²) in [6, 6.07) is 1.73. The molecular weight excluding hydrogens is 280 g/mol. The maximum Gasteiger partial charge on any atom is 0.324 e. The maximum atomic E-state index is 13.7. The first-order chi connectivity index (χ1) is 9.90. The van der Waals surface area contributed by atoms with Crippen LogP contribution in [0.15, 0.2) is 18.2 Å². The fraction of sp³-hybridized carbons (Fsp3) is 0.429. The van der Waals surface area contributed by atoms with E-state index in [1.165, 1.54) is 6.07 Å². The molecule has 2 rings (SSSR count). The van der Waals surface area contributed by atoms with E-state index in [0.717, 1.165) is 17.0 Å². The highest BCUT2D eigenvalue weighted by Gasteiger charge is 2.30. The first-order valence-corrected chi connectivity index (χ1v) is 6.70. The van der Waals surface area contributed by atoms with Crippen LogP contribution < -0.4 is 10.6 Å². The summed E-state index contributed by atoms with van der Waals surface area (Å²) >= 11 is 0. The van der Waals surface area contributed by atoms with Gasteiger partial charge in [0.2, 0.25) is 5.91 Å². The van der Waals surface area contributed by atoms with Crippen LogP contribution in [0.4, 0.5) is 13.6 Å². The van der Waals surface area contributed by atoms with Gasteiger partial charge in [0.1, 0.15) is 11.6 Å². The summed E-state index contributed by atoms with van der Waals surface area (Å²) in [5.41, 5.74) is 0.266. The van der Waals surface area contributed by atoms with E-state index in [-0.39, 0.29) is 11.5 Å². The molecule has 0 radical (unpaired) electrons. The van der Waals surface area contributed by atoms with Gasteiger partial charge in [-0.3, -0.25) is 15.0 Å². The van der Waals surface area contributed by atoms with Crippen molar-refractivity contribution < 1.29 is 18.4 Å². The Morgan fingerprint density at radius 2 is 2.10 bits per heavy atom. The summed E-state index contributed by atoms with van der Waals surface area (Å²) < 4.78 is 26.6. The zero-order valence-electron chi connectivity index (χ0n) is 11.8. The van der Waals surface area contributed by atoms with Gasteiger partial charge in [0, 0.05) is 30.8 Å². The quantitative estimate of drug-likeness (QED) is 0.886. The molecule has 1 fully saturated rings. The number of halogens is 2. The third-order valence-corrected chi connectivity index (χ3v) is 3.42. The maximum absolute atomic E-state index is 13.7. The van der Waals surface area contributed by atoms with Gasteiger partial charge in [0.25, 0.3) is 0 Å². The van der Waals surface area contributed by atoms with Crippen molar-refractivity contribution in [2.24, 2.45) is 0 Å². The van der Waals surface area contributed by atoms with Gasteiger partial charge in [-0.2, -0.15) is 0 Å². The van der Waals surface area contributed by atoms with Gasteiger partial charge < -0.3 is 5.32 Å². The number of urea groups is 1. The number of rotatable bonds is 4. The van der Waals surface area contributed by atoms with Crippen LogP contribution in [0.1, 0.15) is 25.5 Å². The van der Waals surface area contributed by atoms with Crippen molar-refractivity contribution in [3.8, 4) is 0 Å². The van der Waals surface area contributed by atoms with Gasteiger partial charge in [-0.05, 0) is 19.9 Å². The lowest BCUT2D eigenvalue weighted by molar-refractivity contribution is -0.129. The van der Waals surface area contributed by atoms with Crippen molar-refractivity contribution >= 4 is 11.9 Å². The van der Waals surface area contributed by atoms with Gasteiger partial charge in [-0.25, -0.2) is 13.6 Å². The molecule has 0 aromatic heterocycles. The largest absolute Gasteiger partial charge is 0.336 e. The van der Waals surface area contributed by atoms with E-state index in [1.807, 2.05) is 0 Å². The molecule has 114 valence electrons. The number of carbonyl (C=O) groups is 2. The minimum atomic E-state index is -0.673. The van der Waals surface area contributed by atoms with E-state index in [1.54, 1.807) is 13.8 Å². The van der Waals surface area contributed by atoms with Crippen molar-refractivity contribution in [3.05, 3.63) is 35.4 Å². The molecule has 5 nitrogen and oxygen atoms in total. The highest BCUT2D eigenvalue weighted by molar-refractivity contribution is 5.98. The monoisotopic (exact) mass is 297 g/mol. The number of nitrogens with one attached hydrogen (secondary N) is 2. The molecule has 1 aromatic carbocycles. The molecule has 0 spiro atoms. The van der Waals surface area contributed by atoms with E-state index in [0.29, 0.717) is 13.1 Å². The summed E-state index contributed by atoms with van der Waals surface area (Å²) in [4.78, 5) is 24.7. The second kappa shape index (κ2) is 6.17. The standard InChI is InChI=1S/C14H17F2N3O2/c1-8(11-4-3-10(15)7-12(11)16)18-9(2)13(20)19-6-5-17-14(19)21/h3-4,7-9,18H,5-6H2,1-2H3,(H,17,21)/t8-,9-/m0/s1. The predicted octanol–water partition coefficient (Wildman–Crippen LogP) is 1.56. The Kier molecular flexibility index (Phi) is 4.52. The molecule has 0 aliphatic carbocycles. The van der Waals surface area contributed by atoms with Crippen LogP contribution in [0, 0.1) is 11.6 Å². The zero-order chi connectivity index (χ0) is 15.6. The fourth-order valence-corrected chi connectivity index (χ4v) is 2.30. The molecule has 2 N–H and O–H groups in total. The predicted molar refractivity (Wildman–Crippen MR) is 72.5 cm³/mol. The van der Waals surface area contributed by atoms with E-state index in [2.05, 4.69) is 10.6 Å². The van der Waals surface area contributed by atoms with Crippen molar-refractivity contribution in [3.63, 3.8) is 0 Å². The van der Waals surface area contributed by atoms with E-state index in [9.17, 15) is 18.4 Å². The van der Waals surface area contributed by atoms with E-state index in [4.69, 9.17) is 0 Å². The van der Waals surface area contributed by atoms with Gasteiger partial charge in [0.15, 0.2) is 0 Å². The average Bonchev–Trinajstić information content (AvgIpc) is 2.83. The SMILES string of the molecule is C[C@H](N[C@@H](C)c1ccc(F)cc1F)C(=O)N1CCNC1=O. The number of hydrogen-bond donors (Lipinski definition) is 2. The van der Waals surface area contributed by atoms with Crippen molar-refractivity contribution in [2.75, 3.05) is 13.1 Å². The summed E-state index contributed by atoms with van der Waals surface area (Å²) in [6.45, 7) is 4.03. The average molecular weight is 297 g/mol. The van der Waals surface area contributed by atoms with Gasteiger partial charge in [0.05, 0.1) is 6.04 Å². The second-order valence-electron chi connectivity index (χ2n) is 5.00. The van der Waals surface area contributed by atoms with Crippen molar-refractivity contribution in [2.45, 2.75) is 25.9 Å². The number of nitrogens with zero attached hydrogens (tertiary/aromatic N) is 1. The molecule has 7 heteroatoms. The van der Waals surface area contributed by atoms with Crippen molar-refractivity contribution in [1.82, 2.24) is 15.5 Å². The zero-order valence-corrected chi connectivity index (χ0v) is 11.8. The lowest BCUT2D eigenvalue weighted by Gasteiger charge is -2.23. The number of carbonyl (C=O) groups excluding carboxylic acids is 2. The van der Waals surface area contributed by atoms with E-state index >= 15 is 0 Å². The fourth-order valence-electron chi connectivity index (χ4n) is 2.30. The number of benzene rings is 1. The number of imide groups is 1. The molecule has 1 saturated heterocycles. The normalized spacial score (nSPS) is 17.5. The Morgan fingerprint density at radius 1 is 1.38 bits per heavy atom. The van der Waals surface area contributed by atoms with Crippen LogP contribution in [0.3, 0.4) is 0 Å². The summed E-state index contributed by atoms with van der Waals surface area (Å²) in [5, 5.41) is 5.46. The number of amides is 3. The van der Waals surface area contributed by atoms with Crippen LogP contribution in [0.5, 0.6) is 0 Å². The van der Waals surface area contributed by atoms with Gasteiger partial charge >= 0.3 is 6.03 Å². The van der Waals surface area contributed by atoms with E-state index < -0.39 is 29.7 Å². The first kappa shape index (κ1) is 15.4. The Labute approximate surface area is 121 Å². The lowest BCUT2D eigenvalue weighted by Crippen LogP contribution is -2.46. The van der Waals surface area contributed by atoms with Crippen LogP contribution in [-0.2, 0) is 4.79 Å². The Balaban J connectivity index is 2.03. The Morgan fingerprint density at radius 3 is 2.67 bits per heavy atom. The third kappa shape index (κ3) is 3.36. The van der Waals surface area contributed by atoms with Crippen LogP contribution in [0.2, 0.25) is 0 Å². The van der Waals surface area contributed by atoms with Crippen LogP contribution in [0.25, 0.3) is 0 Å². The molecule has 0 bridgehead atoms. The molecule has 1 aliphatic rings. The molecule has 0 saturated carbocycles. The molecular formula is C14H17F2N3O2. The lowest BCUT2D eigenvalue weighted by atomic mass is 10.1. The highest BCUT2D eigenvalue weighted by atomic mass is 19.1. The molecule has 1 heterocycles. The van der Waals surface area contributed by atoms with Gasteiger partial charge in [-0.1, -0.05) is 6.07 Å². The Hall–Kier alpha value is -2.02. The smallest absolute Gasteiger partial charge is 0.324 e. The molecule has 1 aliphatic heterocycles. The molecule has 1 aromatic rings. The minimum absolute atomic E-state index is 0.266. The minimum Gasteiger partial charge on any atom is -0.336 e. The Bertz CT molecular complexity index is 565. The number of hydrogen-bond acceptors (Lipinski definition) is 3. The second-order valence-corrected chi connectivity index (χ2v) is 5.00. The molecule has 0 unspecified atom stereocenters. The first-order valence-electron chi connectivity index (χ1n) is 6.70. The summed E-state index contributed by atoms with van der Waals surface area (Å²) in [6.07, 6.45) is 0. The molecule has 3 amide bonds.